The lowest BCUT2D eigenvalue weighted by atomic mass is 9.80. The van der Waals surface area contributed by atoms with E-state index in [-0.39, 0.29) is 12.3 Å². The van der Waals surface area contributed by atoms with Gasteiger partial charge in [-0.05, 0) is 62.9 Å². The van der Waals surface area contributed by atoms with Crippen LogP contribution in [-0.2, 0) is 22.4 Å². The van der Waals surface area contributed by atoms with E-state index in [1.54, 1.807) is 0 Å². The van der Waals surface area contributed by atoms with Gasteiger partial charge in [-0.2, -0.15) is 0 Å². The molecule has 0 aromatic heterocycles. The van der Waals surface area contributed by atoms with Crippen LogP contribution in [0.1, 0.15) is 30.4 Å². The molecular formula is C19H26N2O3. The van der Waals surface area contributed by atoms with E-state index in [1.807, 2.05) is 24.3 Å². The first-order valence-corrected chi connectivity index (χ1v) is 8.74. The number of carboxylic acid groups (broad SMARTS) is 1. The summed E-state index contributed by atoms with van der Waals surface area (Å²) >= 11 is 0. The van der Waals surface area contributed by atoms with Crippen molar-refractivity contribution in [2.24, 2.45) is 11.3 Å². The molecule has 0 unspecified atom stereocenters. The number of fused-ring (bicyclic) bond motifs is 1. The molecule has 1 aromatic rings. The van der Waals surface area contributed by atoms with Crippen LogP contribution >= 0.6 is 0 Å². The Kier molecular flexibility index (Phi) is 4.90. The van der Waals surface area contributed by atoms with Gasteiger partial charge < -0.3 is 15.3 Å². The maximum Gasteiger partial charge on any atom is 0.304 e. The van der Waals surface area contributed by atoms with Gasteiger partial charge in [-0.25, -0.2) is 0 Å². The first kappa shape index (κ1) is 17.0. The van der Waals surface area contributed by atoms with Gasteiger partial charge in [0.05, 0.1) is 11.8 Å². The lowest BCUT2D eigenvalue weighted by molar-refractivity contribution is -0.145. The van der Waals surface area contributed by atoms with Crippen LogP contribution in [0.15, 0.2) is 24.3 Å². The average Bonchev–Trinajstić information content (AvgIpc) is 2.92. The second kappa shape index (κ2) is 6.93. The molecule has 2 N–H and O–H groups in total. The molecule has 1 saturated heterocycles. The van der Waals surface area contributed by atoms with E-state index in [0.29, 0.717) is 25.3 Å². The number of hydrogen-bond acceptors (Lipinski definition) is 3. The summed E-state index contributed by atoms with van der Waals surface area (Å²) < 4.78 is 0. The van der Waals surface area contributed by atoms with Crippen LogP contribution in [0, 0.1) is 11.3 Å². The molecule has 0 bridgehead atoms. The van der Waals surface area contributed by atoms with Gasteiger partial charge in [0.25, 0.3) is 0 Å². The lowest BCUT2D eigenvalue weighted by Gasteiger charge is -2.31. The fourth-order valence-corrected chi connectivity index (χ4v) is 4.04. The summed E-state index contributed by atoms with van der Waals surface area (Å²) in [5, 5.41) is 12.4. The monoisotopic (exact) mass is 330 g/mol. The van der Waals surface area contributed by atoms with Crippen molar-refractivity contribution in [1.82, 2.24) is 10.2 Å². The Balaban J connectivity index is 1.66. The Hall–Kier alpha value is -1.88. The zero-order valence-electron chi connectivity index (χ0n) is 14.3. The van der Waals surface area contributed by atoms with Crippen LogP contribution in [0.25, 0.3) is 0 Å². The first-order chi connectivity index (χ1) is 11.5. The van der Waals surface area contributed by atoms with Gasteiger partial charge in [-0.15, -0.1) is 0 Å². The standard InChI is InChI=1S/C19H26N2O3/c1-21-8-6-14(7-9-21)13-20-18(24)19(12-17(22)23)10-15-4-2-3-5-16(15)11-19/h2-5,14H,6-13H2,1H3,(H,20,24)(H,22,23). The summed E-state index contributed by atoms with van der Waals surface area (Å²) in [6.45, 7) is 2.78. The number of likely N-dealkylation sites (tertiary alicyclic amines) is 1. The normalized spacial score (nSPS) is 20.5. The number of amides is 1. The van der Waals surface area contributed by atoms with Crippen LogP contribution in [-0.4, -0.2) is 48.6 Å². The lowest BCUT2D eigenvalue weighted by Crippen LogP contribution is -2.46. The molecule has 1 aromatic carbocycles. The first-order valence-electron chi connectivity index (χ1n) is 8.74. The van der Waals surface area contributed by atoms with Crippen LogP contribution in [0.2, 0.25) is 0 Å². The Morgan fingerprint density at radius 2 is 1.79 bits per heavy atom. The van der Waals surface area contributed by atoms with Crippen LogP contribution in [0.4, 0.5) is 0 Å². The number of benzene rings is 1. The number of carboxylic acids is 1. The highest BCUT2D eigenvalue weighted by Gasteiger charge is 2.45. The smallest absolute Gasteiger partial charge is 0.304 e. The highest BCUT2D eigenvalue weighted by Crippen LogP contribution is 2.40. The van der Waals surface area contributed by atoms with Crippen molar-refractivity contribution in [3.05, 3.63) is 35.4 Å². The van der Waals surface area contributed by atoms with E-state index in [0.717, 1.165) is 37.1 Å². The van der Waals surface area contributed by atoms with E-state index in [9.17, 15) is 14.7 Å². The summed E-state index contributed by atoms with van der Waals surface area (Å²) in [5.41, 5.74) is 1.38. The van der Waals surface area contributed by atoms with Crippen molar-refractivity contribution in [2.75, 3.05) is 26.7 Å². The van der Waals surface area contributed by atoms with Crippen molar-refractivity contribution in [3.8, 4) is 0 Å². The highest BCUT2D eigenvalue weighted by atomic mass is 16.4. The molecular weight excluding hydrogens is 304 g/mol. The minimum atomic E-state index is -0.905. The van der Waals surface area contributed by atoms with Gasteiger partial charge in [0.1, 0.15) is 0 Å². The van der Waals surface area contributed by atoms with E-state index in [4.69, 9.17) is 0 Å². The van der Waals surface area contributed by atoms with Gasteiger partial charge in [0, 0.05) is 6.54 Å². The molecule has 1 aliphatic carbocycles. The SMILES string of the molecule is CN1CCC(CNC(=O)C2(CC(=O)O)Cc3ccccc3C2)CC1. The van der Waals surface area contributed by atoms with Crippen LogP contribution in [0.5, 0.6) is 0 Å². The Morgan fingerprint density at radius 1 is 1.21 bits per heavy atom. The second-order valence-corrected chi connectivity index (χ2v) is 7.43. The van der Waals surface area contributed by atoms with Gasteiger partial charge in [-0.3, -0.25) is 9.59 Å². The van der Waals surface area contributed by atoms with Crippen molar-refractivity contribution in [1.29, 1.82) is 0 Å². The summed E-state index contributed by atoms with van der Waals surface area (Å²) in [6, 6.07) is 7.91. The summed E-state index contributed by atoms with van der Waals surface area (Å²) in [7, 11) is 2.12. The maximum atomic E-state index is 12.9. The quantitative estimate of drug-likeness (QED) is 0.862. The Morgan fingerprint density at radius 3 is 2.33 bits per heavy atom. The molecule has 0 spiro atoms. The predicted octanol–water partition coefficient (Wildman–Crippen LogP) is 1.70. The zero-order valence-corrected chi connectivity index (χ0v) is 14.3. The molecule has 1 amide bonds. The number of aliphatic carboxylic acids is 1. The molecule has 0 saturated carbocycles. The van der Waals surface area contributed by atoms with Crippen molar-refractivity contribution < 1.29 is 14.7 Å². The summed E-state index contributed by atoms with van der Waals surface area (Å²) in [4.78, 5) is 26.6. The molecule has 5 heteroatoms. The topological polar surface area (TPSA) is 69.6 Å². The highest BCUT2D eigenvalue weighted by molar-refractivity contribution is 5.88. The number of nitrogens with zero attached hydrogens (tertiary/aromatic N) is 1. The minimum absolute atomic E-state index is 0.0972. The molecule has 1 aliphatic heterocycles. The van der Waals surface area contributed by atoms with Crippen LogP contribution < -0.4 is 5.32 Å². The third kappa shape index (κ3) is 3.61. The molecule has 2 aliphatic rings. The third-order valence-corrected chi connectivity index (χ3v) is 5.54. The largest absolute Gasteiger partial charge is 0.481 e. The Bertz CT molecular complexity index is 596. The molecule has 3 rings (SSSR count). The maximum absolute atomic E-state index is 12.9. The Labute approximate surface area is 143 Å². The molecule has 130 valence electrons. The van der Waals surface area contributed by atoms with Crippen molar-refractivity contribution in [2.45, 2.75) is 32.1 Å². The molecule has 0 atom stereocenters. The van der Waals surface area contributed by atoms with Gasteiger partial charge in [0.15, 0.2) is 0 Å². The molecule has 1 heterocycles. The van der Waals surface area contributed by atoms with E-state index in [2.05, 4.69) is 17.3 Å². The summed E-state index contributed by atoms with van der Waals surface area (Å²) in [5.74, 6) is -0.506. The summed E-state index contributed by atoms with van der Waals surface area (Å²) in [6.07, 6.45) is 3.11. The molecule has 24 heavy (non-hydrogen) atoms. The van der Waals surface area contributed by atoms with Gasteiger partial charge >= 0.3 is 5.97 Å². The molecule has 5 nitrogen and oxygen atoms in total. The van der Waals surface area contributed by atoms with Gasteiger partial charge in [0.2, 0.25) is 5.91 Å². The molecule has 0 radical (unpaired) electrons. The minimum Gasteiger partial charge on any atom is -0.481 e. The fraction of sp³-hybridized carbons (Fsp3) is 0.579. The second-order valence-electron chi connectivity index (χ2n) is 7.43. The predicted molar refractivity (Wildman–Crippen MR) is 91.8 cm³/mol. The van der Waals surface area contributed by atoms with Crippen LogP contribution in [0.3, 0.4) is 0 Å². The van der Waals surface area contributed by atoms with Crippen molar-refractivity contribution in [3.63, 3.8) is 0 Å². The number of nitrogens with one attached hydrogen (secondary N) is 1. The fourth-order valence-electron chi connectivity index (χ4n) is 4.04. The van der Waals surface area contributed by atoms with E-state index >= 15 is 0 Å². The number of piperidine rings is 1. The average molecular weight is 330 g/mol. The number of rotatable bonds is 5. The number of hydrogen-bond donors (Lipinski definition) is 2. The number of carbonyl (C=O) groups excluding carboxylic acids is 1. The molecule has 1 fully saturated rings. The van der Waals surface area contributed by atoms with Gasteiger partial charge in [-0.1, -0.05) is 24.3 Å². The number of carbonyl (C=O) groups is 2. The van der Waals surface area contributed by atoms with Crippen molar-refractivity contribution >= 4 is 11.9 Å². The third-order valence-electron chi connectivity index (χ3n) is 5.54. The zero-order chi connectivity index (χ0) is 17.2. The van der Waals surface area contributed by atoms with E-state index < -0.39 is 11.4 Å². The van der Waals surface area contributed by atoms with E-state index in [1.165, 1.54) is 0 Å².